The van der Waals surface area contributed by atoms with Crippen LogP contribution in [0.5, 0.6) is 0 Å². The number of halogens is 1. The molecule has 0 radical (unpaired) electrons. The van der Waals surface area contributed by atoms with E-state index < -0.39 is 6.10 Å². The van der Waals surface area contributed by atoms with Crippen molar-refractivity contribution in [2.45, 2.75) is 6.10 Å². The van der Waals surface area contributed by atoms with Crippen molar-refractivity contribution >= 4 is 21.6 Å². The summed E-state index contributed by atoms with van der Waals surface area (Å²) in [7, 11) is 0. The third-order valence-electron chi connectivity index (χ3n) is 2.47. The van der Waals surface area contributed by atoms with Gasteiger partial charge in [0.25, 0.3) is 5.56 Å². The first-order valence-corrected chi connectivity index (χ1v) is 6.18. The van der Waals surface area contributed by atoms with Crippen molar-refractivity contribution in [1.29, 1.82) is 0 Å². The Bertz CT molecular complexity index is 571. The van der Waals surface area contributed by atoms with Gasteiger partial charge >= 0.3 is 0 Å². The summed E-state index contributed by atoms with van der Waals surface area (Å²) in [6.45, 7) is 0.299. The first kappa shape index (κ1) is 12.8. The SMILES string of the molecule is O=c1[nH]ncc(NCC(O)c2ccccc2)c1Br. The van der Waals surface area contributed by atoms with E-state index in [4.69, 9.17) is 0 Å². The summed E-state index contributed by atoms with van der Waals surface area (Å²) < 4.78 is 0.373. The molecule has 1 aromatic carbocycles. The van der Waals surface area contributed by atoms with Gasteiger partial charge in [0.1, 0.15) is 4.47 Å². The fourth-order valence-electron chi connectivity index (χ4n) is 1.51. The van der Waals surface area contributed by atoms with Crippen molar-refractivity contribution in [3.8, 4) is 0 Å². The standard InChI is InChI=1S/C12H12BrN3O2/c13-11-9(6-15-16-12(11)18)14-7-10(17)8-4-2-1-3-5-8/h1-6,10,17H,7H2,(H2,14,16,18). The number of aliphatic hydroxyl groups excluding tert-OH is 1. The largest absolute Gasteiger partial charge is 0.387 e. The summed E-state index contributed by atoms with van der Waals surface area (Å²) in [6.07, 6.45) is 0.848. The Morgan fingerprint density at radius 3 is 2.83 bits per heavy atom. The lowest BCUT2D eigenvalue weighted by atomic mass is 10.1. The first-order chi connectivity index (χ1) is 8.68. The predicted molar refractivity (Wildman–Crippen MR) is 72.4 cm³/mol. The molecule has 0 fully saturated rings. The molecule has 1 unspecified atom stereocenters. The molecular formula is C12H12BrN3O2. The zero-order valence-electron chi connectivity index (χ0n) is 9.43. The van der Waals surface area contributed by atoms with E-state index in [-0.39, 0.29) is 5.56 Å². The Labute approximate surface area is 112 Å². The van der Waals surface area contributed by atoms with Crippen molar-refractivity contribution in [2.75, 3.05) is 11.9 Å². The molecule has 0 aliphatic heterocycles. The minimum Gasteiger partial charge on any atom is -0.387 e. The van der Waals surface area contributed by atoms with E-state index in [9.17, 15) is 9.90 Å². The van der Waals surface area contributed by atoms with Gasteiger partial charge in [-0.3, -0.25) is 4.79 Å². The van der Waals surface area contributed by atoms with E-state index in [1.165, 1.54) is 6.20 Å². The molecule has 0 aliphatic rings. The van der Waals surface area contributed by atoms with Gasteiger partial charge in [-0.15, -0.1) is 0 Å². The maximum Gasteiger partial charge on any atom is 0.280 e. The molecule has 0 spiro atoms. The summed E-state index contributed by atoms with van der Waals surface area (Å²) in [5, 5.41) is 18.9. The normalized spacial score (nSPS) is 12.1. The van der Waals surface area contributed by atoms with Crippen molar-refractivity contribution in [3.63, 3.8) is 0 Å². The number of rotatable bonds is 4. The summed E-state index contributed by atoms with van der Waals surface area (Å²) in [5.41, 5.74) is 1.06. The second-order valence-corrected chi connectivity index (χ2v) is 4.53. The molecule has 5 nitrogen and oxygen atoms in total. The highest BCUT2D eigenvalue weighted by Crippen LogP contribution is 2.18. The van der Waals surface area contributed by atoms with Crippen LogP contribution in [0.15, 0.2) is 45.8 Å². The monoisotopic (exact) mass is 309 g/mol. The van der Waals surface area contributed by atoms with Gasteiger partial charge < -0.3 is 10.4 Å². The highest BCUT2D eigenvalue weighted by atomic mass is 79.9. The zero-order valence-corrected chi connectivity index (χ0v) is 11.0. The third kappa shape index (κ3) is 2.96. The number of H-pyrrole nitrogens is 1. The molecule has 0 saturated heterocycles. The van der Waals surface area contributed by atoms with E-state index >= 15 is 0 Å². The van der Waals surface area contributed by atoms with Crippen LogP contribution in [0, 0.1) is 0 Å². The zero-order chi connectivity index (χ0) is 13.0. The highest BCUT2D eigenvalue weighted by molar-refractivity contribution is 9.10. The number of aromatic amines is 1. The molecular weight excluding hydrogens is 298 g/mol. The van der Waals surface area contributed by atoms with E-state index in [1.807, 2.05) is 30.3 Å². The van der Waals surface area contributed by atoms with Crippen LogP contribution in [0.2, 0.25) is 0 Å². The Morgan fingerprint density at radius 1 is 1.39 bits per heavy atom. The summed E-state index contributed by atoms with van der Waals surface area (Å²) in [4.78, 5) is 11.3. The van der Waals surface area contributed by atoms with Gasteiger partial charge in [-0.2, -0.15) is 5.10 Å². The lowest BCUT2D eigenvalue weighted by molar-refractivity contribution is 0.191. The lowest BCUT2D eigenvalue weighted by Gasteiger charge is -2.13. The van der Waals surface area contributed by atoms with Gasteiger partial charge in [0.05, 0.1) is 18.0 Å². The lowest BCUT2D eigenvalue weighted by Crippen LogP contribution is -2.16. The number of aliphatic hydroxyl groups is 1. The maximum atomic E-state index is 11.3. The molecule has 0 bridgehead atoms. The minimum atomic E-state index is -0.641. The fourth-order valence-corrected chi connectivity index (χ4v) is 1.84. The number of aromatic nitrogens is 2. The van der Waals surface area contributed by atoms with Gasteiger partial charge in [0, 0.05) is 6.54 Å². The van der Waals surface area contributed by atoms with Crippen LogP contribution < -0.4 is 10.9 Å². The molecule has 2 rings (SSSR count). The summed E-state index contributed by atoms with van der Waals surface area (Å²) >= 11 is 3.16. The van der Waals surface area contributed by atoms with Crippen LogP contribution in [0.4, 0.5) is 5.69 Å². The molecule has 1 heterocycles. The van der Waals surface area contributed by atoms with Crippen LogP contribution in [0.1, 0.15) is 11.7 Å². The number of nitrogens with zero attached hydrogens (tertiary/aromatic N) is 1. The molecule has 1 aromatic heterocycles. The number of anilines is 1. The molecule has 18 heavy (non-hydrogen) atoms. The van der Waals surface area contributed by atoms with Crippen LogP contribution in [0.3, 0.4) is 0 Å². The number of benzene rings is 1. The molecule has 3 N–H and O–H groups in total. The second kappa shape index (κ2) is 5.79. The van der Waals surface area contributed by atoms with Crippen LogP contribution in [0.25, 0.3) is 0 Å². The van der Waals surface area contributed by atoms with Crippen molar-refractivity contribution in [1.82, 2.24) is 10.2 Å². The number of hydrogen-bond acceptors (Lipinski definition) is 4. The average molecular weight is 310 g/mol. The van der Waals surface area contributed by atoms with E-state index in [2.05, 4.69) is 31.4 Å². The van der Waals surface area contributed by atoms with Gasteiger partial charge in [-0.1, -0.05) is 30.3 Å². The molecule has 0 saturated carbocycles. The first-order valence-electron chi connectivity index (χ1n) is 5.38. The van der Waals surface area contributed by atoms with Crippen molar-refractivity contribution in [2.24, 2.45) is 0 Å². The van der Waals surface area contributed by atoms with Crippen molar-refractivity contribution < 1.29 is 5.11 Å². The Morgan fingerprint density at radius 2 is 2.11 bits per heavy atom. The summed E-state index contributed by atoms with van der Waals surface area (Å²) in [6, 6.07) is 9.31. The molecule has 2 aromatic rings. The topological polar surface area (TPSA) is 78.0 Å². The van der Waals surface area contributed by atoms with Crippen LogP contribution in [-0.2, 0) is 0 Å². The molecule has 1 atom stereocenters. The molecule has 0 aliphatic carbocycles. The van der Waals surface area contributed by atoms with E-state index in [1.54, 1.807) is 0 Å². The van der Waals surface area contributed by atoms with Gasteiger partial charge in [0.2, 0.25) is 0 Å². The predicted octanol–water partition coefficient (Wildman–Crippen LogP) is 1.68. The maximum absolute atomic E-state index is 11.3. The van der Waals surface area contributed by atoms with Crippen LogP contribution >= 0.6 is 15.9 Å². The van der Waals surface area contributed by atoms with Gasteiger partial charge in [-0.05, 0) is 21.5 Å². The quantitative estimate of drug-likeness (QED) is 0.803. The minimum absolute atomic E-state index is 0.299. The van der Waals surface area contributed by atoms with Crippen LogP contribution in [-0.4, -0.2) is 21.8 Å². The fraction of sp³-hybridized carbons (Fsp3) is 0.167. The van der Waals surface area contributed by atoms with Crippen molar-refractivity contribution in [3.05, 3.63) is 56.9 Å². The Balaban J connectivity index is 2.04. The molecule has 6 heteroatoms. The molecule has 0 amide bonds. The Kier molecular flexibility index (Phi) is 4.11. The Hall–Kier alpha value is -1.66. The number of nitrogens with one attached hydrogen (secondary N) is 2. The smallest absolute Gasteiger partial charge is 0.280 e. The third-order valence-corrected chi connectivity index (χ3v) is 3.25. The van der Waals surface area contributed by atoms with Gasteiger partial charge in [0.15, 0.2) is 0 Å². The van der Waals surface area contributed by atoms with E-state index in [0.717, 1.165) is 5.56 Å². The summed E-state index contributed by atoms with van der Waals surface area (Å²) in [5.74, 6) is 0. The van der Waals surface area contributed by atoms with E-state index in [0.29, 0.717) is 16.7 Å². The van der Waals surface area contributed by atoms with Gasteiger partial charge in [-0.25, -0.2) is 5.10 Å². The molecule has 94 valence electrons. The average Bonchev–Trinajstić information content (AvgIpc) is 2.41. The second-order valence-electron chi connectivity index (χ2n) is 3.73. The number of hydrogen-bond donors (Lipinski definition) is 3. The highest BCUT2D eigenvalue weighted by Gasteiger charge is 2.09.